The normalized spacial score (nSPS) is 13.9. The number of halogens is 3. The lowest BCUT2D eigenvalue weighted by Gasteiger charge is -2.11. The van der Waals surface area contributed by atoms with E-state index >= 15 is 0 Å². The van der Waals surface area contributed by atoms with Crippen LogP contribution >= 0.6 is 0 Å². The third-order valence-electron chi connectivity index (χ3n) is 6.31. The Kier molecular flexibility index (Phi) is 5.39. The molecule has 12 heteroatoms. The van der Waals surface area contributed by atoms with Gasteiger partial charge in [-0.2, -0.15) is 18.3 Å². The van der Waals surface area contributed by atoms with Crippen molar-refractivity contribution in [3.63, 3.8) is 0 Å². The molecule has 4 heterocycles. The molecule has 1 saturated carbocycles. The minimum Gasteiger partial charge on any atom is -0.480 e. The standard InChI is InChI=1S/C25H21F3N8O/c1-35-12-18(33-24(35)25(26,27)28)15-5-3-14(4-6-15)11-36-22-17(10-32-36)9-29-21(34-22)19-20(16-7-8-16)30-13-31-23(19)37-2/h3-6,9-10,12-13,16H,7-8,11H2,1-2H3. The van der Waals surface area contributed by atoms with Gasteiger partial charge in [0, 0.05) is 30.9 Å². The maximum absolute atomic E-state index is 13.1. The van der Waals surface area contributed by atoms with Crippen LogP contribution in [0.2, 0.25) is 0 Å². The van der Waals surface area contributed by atoms with E-state index < -0.39 is 12.0 Å². The van der Waals surface area contributed by atoms with Crippen LogP contribution in [0.1, 0.15) is 35.8 Å². The SMILES string of the molecule is COc1ncnc(C2CC2)c1-c1ncc2cnn(Cc3ccc(-c4cn(C)c(C(F)(F)F)n4)cc3)c2n1. The second-order valence-corrected chi connectivity index (χ2v) is 8.95. The number of methoxy groups -OCH3 is 1. The average Bonchev–Trinajstić information content (AvgIpc) is 3.55. The Morgan fingerprint density at radius 1 is 1.03 bits per heavy atom. The first-order valence-corrected chi connectivity index (χ1v) is 11.6. The summed E-state index contributed by atoms with van der Waals surface area (Å²) < 4.78 is 47.6. The van der Waals surface area contributed by atoms with Crippen molar-refractivity contribution in [2.24, 2.45) is 7.05 Å². The highest BCUT2D eigenvalue weighted by atomic mass is 19.4. The highest BCUT2D eigenvalue weighted by molar-refractivity contribution is 5.77. The topological polar surface area (TPSA) is 96.4 Å². The van der Waals surface area contributed by atoms with E-state index in [1.54, 1.807) is 36.3 Å². The van der Waals surface area contributed by atoms with Crippen LogP contribution in [0.25, 0.3) is 33.7 Å². The van der Waals surface area contributed by atoms with Crippen LogP contribution in [0, 0.1) is 0 Å². The largest absolute Gasteiger partial charge is 0.480 e. The number of hydrogen-bond donors (Lipinski definition) is 0. The molecule has 0 amide bonds. The highest BCUT2D eigenvalue weighted by Crippen LogP contribution is 2.44. The number of aryl methyl sites for hydroxylation is 1. The zero-order chi connectivity index (χ0) is 25.7. The Labute approximate surface area is 209 Å². The molecule has 0 unspecified atom stereocenters. The molecule has 0 spiro atoms. The predicted octanol–water partition coefficient (Wildman–Crippen LogP) is 4.64. The van der Waals surface area contributed by atoms with Gasteiger partial charge in [0.25, 0.3) is 0 Å². The smallest absolute Gasteiger partial charge is 0.449 e. The zero-order valence-electron chi connectivity index (χ0n) is 19.9. The maximum atomic E-state index is 13.1. The summed E-state index contributed by atoms with van der Waals surface area (Å²) in [6.45, 7) is 0.411. The van der Waals surface area contributed by atoms with Crippen LogP contribution in [0.4, 0.5) is 13.2 Å². The molecular weight excluding hydrogens is 485 g/mol. The van der Waals surface area contributed by atoms with E-state index in [9.17, 15) is 13.2 Å². The van der Waals surface area contributed by atoms with E-state index in [-0.39, 0.29) is 5.69 Å². The van der Waals surface area contributed by atoms with Crippen molar-refractivity contribution in [3.8, 4) is 28.5 Å². The molecule has 1 aliphatic carbocycles. The van der Waals surface area contributed by atoms with Gasteiger partial charge >= 0.3 is 6.18 Å². The van der Waals surface area contributed by atoms with Gasteiger partial charge < -0.3 is 9.30 Å². The second-order valence-electron chi connectivity index (χ2n) is 8.95. The van der Waals surface area contributed by atoms with Crippen molar-refractivity contribution in [2.75, 3.05) is 7.11 Å². The Balaban J connectivity index is 1.31. The van der Waals surface area contributed by atoms with Crippen molar-refractivity contribution in [1.82, 2.24) is 39.3 Å². The molecule has 1 aliphatic rings. The molecule has 0 atom stereocenters. The van der Waals surface area contributed by atoms with E-state index in [0.717, 1.165) is 34.1 Å². The second kappa shape index (κ2) is 8.64. The number of rotatable bonds is 6. The monoisotopic (exact) mass is 506 g/mol. The molecule has 9 nitrogen and oxygen atoms in total. The van der Waals surface area contributed by atoms with Gasteiger partial charge in [-0.1, -0.05) is 24.3 Å². The van der Waals surface area contributed by atoms with Crippen LogP contribution in [0.3, 0.4) is 0 Å². The molecular formula is C25H21F3N8O. The molecule has 1 fully saturated rings. The van der Waals surface area contributed by atoms with Crippen molar-refractivity contribution in [3.05, 3.63) is 66.3 Å². The van der Waals surface area contributed by atoms with Crippen LogP contribution in [-0.2, 0) is 19.8 Å². The number of imidazole rings is 1. The molecule has 1 aromatic carbocycles. The van der Waals surface area contributed by atoms with E-state index in [0.29, 0.717) is 40.9 Å². The molecule has 0 saturated heterocycles. The lowest BCUT2D eigenvalue weighted by molar-refractivity contribution is -0.146. The Morgan fingerprint density at radius 2 is 1.81 bits per heavy atom. The number of nitrogens with zero attached hydrogens (tertiary/aromatic N) is 8. The average molecular weight is 506 g/mol. The molecule has 37 heavy (non-hydrogen) atoms. The molecule has 188 valence electrons. The van der Waals surface area contributed by atoms with Gasteiger partial charge in [0.05, 0.1) is 36.6 Å². The molecule has 0 aliphatic heterocycles. The van der Waals surface area contributed by atoms with Crippen molar-refractivity contribution in [2.45, 2.75) is 31.5 Å². The first kappa shape index (κ1) is 23.1. The number of benzene rings is 1. The number of fused-ring (bicyclic) bond motifs is 1. The van der Waals surface area contributed by atoms with Crippen LogP contribution in [-0.4, -0.2) is 46.4 Å². The summed E-state index contributed by atoms with van der Waals surface area (Å²) in [5.74, 6) is 0.317. The molecule has 5 aromatic rings. The summed E-state index contributed by atoms with van der Waals surface area (Å²) >= 11 is 0. The third-order valence-corrected chi connectivity index (χ3v) is 6.31. The highest BCUT2D eigenvalue weighted by Gasteiger charge is 2.36. The number of alkyl halides is 3. The van der Waals surface area contributed by atoms with Crippen molar-refractivity contribution >= 4 is 11.0 Å². The summed E-state index contributed by atoms with van der Waals surface area (Å²) in [4.78, 5) is 21.8. The molecule has 6 rings (SSSR count). The first-order chi connectivity index (χ1) is 17.8. The minimum absolute atomic E-state index is 0.258. The Hall–Kier alpha value is -4.35. The van der Waals surface area contributed by atoms with Gasteiger partial charge in [-0.05, 0) is 18.4 Å². The quantitative estimate of drug-likeness (QED) is 0.331. The van der Waals surface area contributed by atoms with Gasteiger partial charge in [0.2, 0.25) is 11.7 Å². The fourth-order valence-corrected chi connectivity index (χ4v) is 4.34. The van der Waals surface area contributed by atoms with Crippen LogP contribution < -0.4 is 4.74 Å². The molecule has 4 aromatic heterocycles. The summed E-state index contributed by atoms with van der Waals surface area (Å²) in [6, 6.07) is 7.17. The zero-order valence-corrected chi connectivity index (χ0v) is 19.9. The van der Waals surface area contributed by atoms with Crippen molar-refractivity contribution < 1.29 is 17.9 Å². The first-order valence-electron chi connectivity index (χ1n) is 11.6. The lowest BCUT2D eigenvalue weighted by atomic mass is 10.1. The number of ether oxygens (including phenoxy) is 1. The van der Waals surface area contributed by atoms with Gasteiger partial charge in [0.15, 0.2) is 11.5 Å². The summed E-state index contributed by atoms with van der Waals surface area (Å²) in [6.07, 6.45) is 3.88. The third kappa shape index (κ3) is 4.28. The Bertz CT molecular complexity index is 1600. The Morgan fingerprint density at radius 3 is 2.49 bits per heavy atom. The van der Waals surface area contributed by atoms with Crippen molar-refractivity contribution in [1.29, 1.82) is 0 Å². The van der Waals surface area contributed by atoms with E-state index in [2.05, 4.69) is 25.0 Å². The predicted molar refractivity (Wildman–Crippen MR) is 128 cm³/mol. The van der Waals surface area contributed by atoms with Gasteiger partial charge in [-0.3, -0.25) is 0 Å². The lowest BCUT2D eigenvalue weighted by Crippen LogP contribution is -2.12. The number of hydrogen-bond acceptors (Lipinski definition) is 7. The van der Waals surface area contributed by atoms with E-state index in [4.69, 9.17) is 9.72 Å². The van der Waals surface area contributed by atoms with Crippen LogP contribution in [0.5, 0.6) is 5.88 Å². The fraction of sp³-hybridized carbons (Fsp3) is 0.280. The van der Waals surface area contributed by atoms with Crippen LogP contribution in [0.15, 0.2) is 49.2 Å². The summed E-state index contributed by atoms with van der Waals surface area (Å²) in [7, 11) is 2.89. The van der Waals surface area contributed by atoms with Gasteiger partial charge in [-0.15, -0.1) is 0 Å². The summed E-state index contributed by atoms with van der Waals surface area (Å²) in [5, 5.41) is 5.25. The molecule has 0 radical (unpaired) electrons. The fourth-order valence-electron chi connectivity index (χ4n) is 4.34. The van der Waals surface area contributed by atoms with E-state index in [1.165, 1.54) is 19.6 Å². The van der Waals surface area contributed by atoms with Gasteiger partial charge in [-0.25, -0.2) is 29.6 Å². The van der Waals surface area contributed by atoms with E-state index in [1.807, 2.05) is 12.1 Å². The van der Waals surface area contributed by atoms with Gasteiger partial charge in [0.1, 0.15) is 11.9 Å². The minimum atomic E-state index is -4.51. The number of aromatic nitrogens is 8. The molecule has 0 bridgehead atoms. The maximum Gasteiger partial charge on any atom is 0.449 e. The molecule has 0 N–H and O–H groups in total. The summed E-state index contributed by atoms with van der Waals surface area (Å²) in [5.41, 5.74) is 3.97.